The van der Waals surface area contributed by atoms with Gasteiger partial charge >= 0.3 is 0 Å². The van der Waals surface area contributed by atoms with E-state index in [-0.39, 0.29) is 0 Å². The number of benzene rings is 4. The second kappa shape index (κ2) is 4.28. The topological polar surface area (TPSA) is 17.1 Å². The zero-order valence-electron chi connectivity index (χ0n) is 11.7. The van der Waals surface area contributed by atoms with Crippen LogP contribution in [0.25, 0.3) is 32.7 Å². The van der Waals surface area contributed by atoms with Gasteiger partial charge in [0.2, 0.25) is 0 Å². The van der Waals surface area contributed by atoms with Crippen molar-refractivity contribution >= 4 is 32.3 Å². The summed E-state index contributed by atoms with van der Waals surface area (Å²) in [7, 11) is -1.07. The first-order valence-electron chi connectivity index (χ1n) is 7.29. The standard InChI is InChI=1S/C20H12OS/c21-22-19-8-4-3-7-16(19)18-11-14-10-9-13-5-1-2-6-15(13)17(14)12-20(18)22/h1-12H. The molecule has 2 heteroatoms. The van der Waals surface area contributed by atoms with Gasteiger partial charge in [0.1, 0.15) is 0 Å². The molecule has 4 aromatic rings. The Kier molecular flexibility index (Phi) is 2.36. The SMILES string of the molecule is O=S1c2ccccc2-c2cc3ccc4ccccc4c3cc21. The van der Waals surface area contributed by atoms with E-state index in [1.54, 1.807) is 0 Å². The highest BCUT2D eigenvalue weighted by atomic mass is 32.2. The number of hydrogen-bond donors (Lipinski definition) is 0. The quantitative estimate of drug-likeness (QED) is 0.362. The maximum atomic E-state index is 12.8. The van der Waals surface area contributed by atoms with E-state index in [1.807, 2.05) is 18.2 Å². The molecule has 1 unspecified atom stereocenters. The second-order valence-electron chi connectivity index (χ2n) is 5.62. The van der Waals surface area contributed by atoms with E-state index in [1.165, 1.54) is 21.5 Å². The molecule has 0 fully saturated rings. The molecule has 0 radical (unpaired) electrons. The molecule has 4 aromatic carbocycles. The number of hydrogen-bond acceptors (Lipinski definition) is 1. The molecule has 1 atom stereocenters. The average Bonchev–Trinajstić information content (AvgIpc) is 2.86. The van der Waals surface area contributed by atoms with E-state index in [4.69, 9.17) is 0 Å². The molecular weight excluding hydrogens is 288 g/mol. The van der Waals surface area contributed by atoms with Gasteiger partial charge in [-0.2, -0.15) is 0 Å². The van der Waals surface area contributed by atoms with Crippen LogP contribution in [-0.2, 0) is 10.8 Å². The van der Waals surface area contributed by atoms with Crippen LogP contribution in [0.5, 0.6) is 0 Å². The van der Waals surface area contributed by atoms with Crippen molar-refractivity contribution in [3.63, 3.8) is 0 Å². The maximum Gasteiger partial charge on any atom is 0.0862 e. The highest BCUT2D eigenvalue weighted by Gasteiger charge is 2.25. The lowest BCUT2D eigenvalue weighted by atomic mass is 9.97. The van der Waals surface area contributed by atoms with Gasteiger partial charge in [0.15, 0.2) is 0 Å². The van der Waals surface area contributed by atoms with Crippen molar-refractivity contribution in [2.75, 3.05) is 0 Å². The maximum absolute atomic E-state index is 12.8. The first-order valence-corrected chi connectivity index (χ1v) is 8.44. The van der Waals surface area contributed by atoms with Crippen LogP contribution in [0, 0.1) is 0 Å². The molecule has 104 valence electrons. The van der Waals surface area contributed by atoms with Crippen LogP contribution in [0.1, 0.15) is 0 Å². The van der Waals surface area contributed by atoms with Crippen LogP contribution in [0.2, 0.25) is 0 Å². The molecule has 0 bridgehead atoms. The van der Waals surface area contributed by atoms with Crippen molar-refractivity contribution in [1.82, 2.24) is 0 Å². The predicted octanol–water partition coefficient (Wildman–Crippen LogP) is 5.14. The summed E-state index contributed by atoms with van der Waals surface area (Å²) in [5.41, 5.74) is 2.21. The molecule has 1 aliphatic rings. The summed E-state index contributed by atoms with van der Waals surface area (Å²) in [5, 5.41) is 4.82. The van der Waals surface area contributed by atoms with E-state index in [0.717, 1.165) is 20.9 Å². The molecule has 0 spiro atoms. The molecule has 1 nitrogen and oxygen atoms in total. The third-order valence-corrected chi connectivity index (χ3v) is 5.91. The van der Waals surface area contributed by atoms with E-state index in [2.05, 4.69) is 54.6 Å². The monoisotopic (exact) mass is 300 g/mol. The smallest absolute Gasteiger partial charge is 0.0862 e. The van der Waals surface area contributed by atoms with Gasteiger partial charge in [0.05, 0.1) is 20.6 Å². The van der Waals surface area contributed by atoms with Gasteiger partial charge in [0, 0.05) is 5.56 Å². The Morgan fingerprint density at radius 1 is 0.591 bits per heavy atom. The van der Waals surface area contributed by atoms with Crippen molar-refractivity contribution in [2.24, 2.45) is 0 Å². The van der Waals surface area contributed by atoms with Gasteiger partial charge in [0.25, 0.3) is 0 Å². The normalized spacial score (nSPS) is 15.9. The minimum Gasteiger partial charge on any atom is -0.249 e. The Labute approximate surface area is 130 Å². The van der Waals surface area contributed by atoms with Crippen molar-refractivity contribution < 1.29 is 4.21 Å². The summed E-state index contributed by atoms with van der Waals surface area (Å²) in [6.45, 7) is 0. The Balaban J connectivity index is 1.94. The Morgan fingerprint density at radius 2 is 1.36 bits per heavy atom. The highest BCUT2D eigenvalue weighted by Crippen LogP contribution is 2.43. The zero-order chi connectivity index (χ0) is 14.7. The lowest BCUT2D eigenvalue weighted by Gasteiger charge is -2.07. The van der Waals surface area contributed by atoms with Crippen LogP contribution in [-0.4, -0.2) is 4.21 Å². The van der Waals surface area contributed by atoms with Crippen LogP contribution in [0.15, 0.2) is 82.6 Å². The lowest BCUT2D eigenvalue weighted by molar-refractivity contribution is 0.685. The molecule has 0 N–H and O–H groups in total. The van der Waals surface area contributed by atoms with E-state index in [9.17, 15) is 4.21 Å². The molecule has 5 rings (SSSR count). The summed E-state index contributed by atoms with van der Waals surface area (Å²) in [5.74, 6) is 0. The van der Waals surface area contributed by atoms with Gasteiger partial charge in [-0.1, -0.05) is 54.6 Å². The second-order valence-corrected chi connectivity index (χ2v) is 7.04. The molecule has 0 aliphatic carbocycles. The molecule has 0 amide bonds. The predicted molar refractivity (Wildman–Crippen MR) is 91.6 cm³/mol. The molecule has 1 heterocycles. The third-order valence-electron chi connectivity index (χ3n) is 4.42. The van der Waals surface area contributed by atoms with Gasteiger partial charge in [-0.25, -0.2) is 4.21 Å². The minimum absolute atomic E-state index is 0.928. The first-order chi connectivity index (χ1) is 10.8. The summed E-state index contributed by atoms with van der Waals surface area (Å²) in [4.78, 5) is 1.86. The fourth-order valence-corrected chi connectivity index (χ4v) is 4.78. The molecular formula is C20H12OS. The van der Waals surface area contributed by atoms with Crippen molar-refractivity contribution in [3.05, 3.63) is 72.8 Å². The van der Waals surface area contributed by atoms with Crippen LogP contribution < -0.4 is 0 Å². The average molecular weight is 300 g/mol. The largest absolute Gasteiger partial charge is 0.249 e. The highest BCUT2D eigenvalue weighted by molar-refractivity contribution is 7.85. The number of rotatable bonds is 0. The lowest BCUT2D eigenvalue weighted by Crippen LogP contribution is -1.86. The fourth-order valence-electron chi connectivity index (χ4n) is 3.37. The van der Waals surface area contributed by atoms with Crippen LogP contribution >= 0.6 is 0 Å². The summed E-state index contributed by atoms with van der Waals surface area (Å²) in [6, 6.07) is 25.0. The van der Waals surface area contributed by atoms with Crippen molar-refractivity contribution in [1.29, 1.82) is 0 Å². The summed E-state index contributed by atoms with van der Waals surface area (Å²) >= 11 is 0. The Morgan fingerprint density at radius 3 is 2.32 bits per heavy atom. The van der Waals surface area contributed by atoms with Crippen LogP contribution in [0.3, 0.4) is 0 Å². The van der Waals surface area contributed by atoms with E-state index >= 15 is 0 Å². The molecule has 0 saturated heterocycles. The first kappa shape index (κ1) is 12.1. The summed E-state index contributed by atoms with van der Waals surface area (Å²) < 4.78 is 12.8. The van der Waals surface area contributed by atoms with E-state index in [0.29, 0.717) is 0 Å². The Bertz CT molecular complexity index is 1100. The zero-order valence-corrected chi connectivity index (χ0v) is 12.6. The van der Waals surface area contributed by atoms with Gasteiger partial charge in [-0.05, 0) is 45.3 Å². The molecule has 22 heavy (non-hydrogen) atoms. The van der Waals surface area contributed by atoms with Crippen molar-refractivity contribution in [2.45, 2.75) is 9.79 Å². The van der Waals surface area contributed by atoms with Gasteiger partial charge in [-0.15, -0.1) is 0 Å². The summed E-state index contributed by atoms with van der Waals surface area (Å²) in [6.07, 6.45) is 0. The van der Waals surface area contributed by atoms with Gasteiger partial charge in [-0.3, -0.25) is 0 Å². The fraction of sp³-hybridized carbons (Fsp3) is 0. The number of fused-ring (bicyclic) bond motifs is 6. The van der Waals surface area contributed by atoms with Crippen molar-refractivity contribution in [3.8, 4) is 11.1 Å². The molecule has 1 aliphatic heterocycles. The Hall–Kier alpha value is -2.45. The van der Waals surface area contributed by atoms with Gasteiger partial charge < -0.3 is 0 Å². The molecule has 0 saturated carbocycles. The minimum atomic E-state index is -1.07. The van der Waals surface area contributed by atoms with E-state index < -0.39 is 10.8 Å². The van der Waals surface area contributed by atoms with Crippen LogP contribution in [0.4, 0.5) is 0 Å². The third kappa shape index (κ3) is 1.50. The molecule has 0 aromatic heterocycles.